The predicted octanol–water partition coefficient (Wildman–Crippen LogP) is 3.64. The molecule has 2 aromatic carbocycles. The van der Waals surface area contributed by atoms with Gasteiger partial charge in [-0.2, -0.15) is 0 Å². The monoisotopic (exact) mass is 560 g/mol. The van der Waals surface area contributed by atoms with Crippen molar-refractivity contribution in [3.63, 3.8) is 0 Å². The number of halogens is 1. The molecule has 0 radical (unpaired) electrons. The number of ketones is 2. The molecule has 0 saturated heterocycles. The number of Topliss-reactive ketones (excluding diaryl/α,β-unsaturated/α-hetero) is 2. The summed E-state index contributed by atoms with van der Waals surface area (Å²) in [5.41, 5.74) is 2.73. The lowest BCUT2D eigenvalue weighted by molar-refractivity contribution is -0.153. The highest BCUT2D eigenvalue weighted by Crippen LogP contribution is 2.21. The summed E-state index contributed by atoms with van der Waals surface area (Å²) >= 11 is 3.15. The Morgan fingerprint density at radius 1 is 0.917 bits per heavy atom. The molecule has 2 amide bonds. The SMILES string of the molecule is CCCN(C(=O)CNC(=O)OC)C(C)C(=O)OCC(=O)c1ccc(-c2ccc(C(=O)CBr)cc2)cc1. The van der Waals surface area contributed by atoms with Crippen LogP contribution in [0.5, 0.6) is 0 Å². The molecule has 0 fully saturated rings. The summed E-state index contributed by atoms with van der Waals surface area (Å²) < 4.78 is 9.62. The third-order valence-corrected chi connectivity index (χ3v) is 5.89. The van der Waals surface area contributed by atoms with E-state index in [1.54, 1.807) is 36.4 Å². The first-order valence-corrected chi connectivity index (χ1v) is 12.4. The van der Waals surface area contributed by atoms with Gasteiger partial charge in [0.1, 0.15) is 12.6 Å². The van der Waals surface area contributed by atoms with Crippen LogP contribution in [0.4, 0.5) is 4.79 Å². The Bertz CT molecular complexity index is 1080. The van der Waals surface area contributed by atoms with E-state index in [9.17, 15) is 24.0 Å². The van der Waals surface area contributed by atoms with Gasteiger partial charge in [-0.3, -0.25) is 14.4 Å². The number of alkyl carbamates (subject to hydrolysis) is 1. The summed E-state index contributed by atoms with van der Waals surface area (Å²) in [6.45, 7) is 2.82. The normalized spacial score (nSPS) is 11.2. The van der Waals surface area contributed by atoms with Crippen molar-refractivity contribution in [1.82, 2.24) is 10.2 Å². The second-order valence-electron chi connectivity index (χ2n) is 7.85. The average molecular weight is 561 g/mol. The van der Waals surface area contributed by atoms with E-state index in [-0.39, 0.29) is 30.0 Å². The molecule has 2 rings (SSSR count). The summed E-state index contributed by atoms with van der Waals surface area (Å²) in [5.74, 6) is -1.59. The average Bonchev–Trinajstić information content (AvgIpc) is 2.92. The summed E-state index contributed by atoms with van der Waals surface area (Å²) in [5, 5.41) is 2.54. The highest BCUT2D eigenvalue weighted by atomic mass is 79.9. The van der Waals surface area contributed by atoms with Crippen LogP contribution in [-0.4, -0.2) is 72.6 Å². The fourth-order valence-electron chi connectivity index (χ4n) is 3.34. The van der Waals surface area contributed by atoms with E-state index in [0.717, 1.165) is 11.1 Å². The second-order valence-corrected chi connectivity index (χ2v) is 8.41. The number of nitrogens with zero attached hydrogens (tertiary/aromatic N) is 1. The van der Waals surface area contributed by atoms with Crippen LogP contribution in [-0.2, 0) is 19.1 Å². The van der Waals surface area contributed by atoms with Crippen LogP contribution in [0.3, 0.4) is 0 Å². The Labute approximate surface area is 218 Å². The van der Waals surface area contributed by atoms with Gasteiger partial charge in [0.15, 0.2) is 18.2 Å². The van der Waals surface area contributed by atoms with Gasteiger partial charge in [0.25, 0.3) is 0 Å². The number of nitrogens with one attached hydrogen (secondary N) is 1. The molecule has 0 aliphatic carbocycles. The molecule has 0 aromatic heterocycles. The van der Waals surface area contributed by atoms with Gasteiger partial charge in [-0.05, 0) is 24.5 Å². The number of esters is 1. The number of hydrogen-bond donors (Lipinski definition) is 1. The van der Waals surface area contributed by atoms with Crippen LogP contribution >= 0.6 is 15.9 Å². The molecule has 9 nitrogen and oxygen atoms in total. The lowest BCUT2D eigenvalue weighted by Crippen LogP contribution is -2.48. The first-order valence-electron chi connectivity index (χ1n) is 11.3. The smallest absolute Gasteiger partial charge is 0.407 e. The minimum absolute atomic E-state index is 0.00796. The fraction of sp³-hybridized carbons (Fsp3) is 0.346. The number of amides is 2. The van der Waals surface area contributed by atoms with Gasteiger partial charge >= 0.3 is 12.1 Å². The number of benzene rings is 2. The summed E-state index contributed by atoms with van der Waals surface area (Å²) in [4.78, 5) is 61.8. The van der Waals surface area contributed by atoms with Crippen LogP contribution in [0, 0.1) is 0 Å². The molecule has 192 valence electrons. The zero-order valence-electron chi connectivity index (χ0n) is 20.4. The lowest BCUT2D eigenvalue weighted by Gasteiger charge is -2.27. The first-order chi connectivity index (χ1) is 17.2. The van der Waals surface area contributed by atoms with Crippen molar-refractivity contribution in [3.05, 3.63) is 59.7 Å². The van der Waals surface area contributed by atoms with E-state index in [0.29, 0.717) is 17.5 Å². The van der Waals surface area contributed by atoms with E-state index < -0.39 is 30.6 Å². The van der Waals surface area contributed by atoms with Crippen molar-refractivity contribution in [3.8, 4) is 11.1 Å². The second kappa shape index (κ2) is 14.1. The molecule has 0 heterocycles. The Hall–Kier alpha value is -3.53. The van der Waals surface area contributed by atoms with E-state index in [1.807, 2.05) is 19.1 Å². The van der Waals surface area contributed by atoms with Crippen molar-refractivity contribution < 1.29 is 33.4 Å². The number of alkyl halides is 1. The van der Waals surface area contributed by atoms with E-state index >= 15 is 0 Å². The van der Waals surface area contributed by atoms with Crippen molar-refractivity contribution in [2.75, 3.05) is 32.1 Å². The van der Waals surface area contributed by atoms with E-state index in [2.05, 4.69) is 26.0 Å². The number of carbonyl (C=O) groups excluding carboxylic acids is 5. The Balaban J connectivity index is 1.96. The number of hydrogen-bond acceptors (Lipinski definition) is 7. The summed E-state index contributed by atoms with van der Waals surface area (Å²) in [6, 6.07) is 13.0. The van der Waals surface area contributed by atoms with Gasteiger partial charge in [-0.15, -0.1) is 0 Å². The maximum absolute atomic E-state index is 12.6. The van der Waals surface area contributed by atoms with Gasteiger partial charge in [0.2, 0.25) is 5.91 Å². The lowest BCUT2D eigenvalue weighted by atomic mass is 10.0. The van der Waals surface area contributed by atoms with Crippen LogP contribution in [0.25, 0.3) is 11.1 Å². The van der Waals surface area contributed by atoms with Crippen LogP contribution in [0.15, 0.2) is 48.5 Å². The largest absolute Gasteiger partial charge is 0.456 e. The number of rotatable bonds is 12. The molecule has 0 saturated carbocycles. The van der Waals surface area contributed by atoms with Gasteiger partial charge in [-0.25, -0.2) is 9.59 Å². The molecule has 1 N–H and O–H groups in total. The molecule has 0 bridgehead atoms. The molecule has 2 aromatic rings. The summed E-state index contributed by atoms with van der Waals surface area (Å²) in [6.07, 6.45) is -0.170. The zero-order chi connectivity index (χ0) is 26.7. The molecule has 10 heteroatoms. The molecule has 0 aliphatic rings. The van der Waals surface area contributed by atoms with Crippen LogP contribution in [0.1, 0.15) is 41.0 Å². The van der Waals surface area contributed by atoms with E-state index in [4.69, 9.17) is 4.74 Å². The Kier molecular flexibility index (Phi) is 11.3. The highest BCUT2D eigenvalue weighted by Gasteiger charge is 2.27. The fourth-order valence-corrected chi connectivity index (χ4v) is 3.66. The van der Waals surface area contributed by atoms with Gasteiger partial charge in [0.05, 0.1) is 12.4 Å². The molecule has 0 aliphatic heterocycles. The Morgan fingerprint density at radius 3 is 1.92 bits per heavy atom. The number of ether oxygens (including phenoxy) is 2. The zero-order valence-corrected chi connectivity index (χ0v) is 22.0. The number of carbonyl (C=O) groups is 5. The number of methoxy groups -OCH3 is 1. The first kappa shape index (κ1) is 28.7. The maximum Gasteiger partial charge on any atom is 0.407 e. The topological polar surface area (TPSA) is 119 Å². The van der Waals surface area contributed by atoms with Gasteiger partial charge in [-0.1, -0.05) is 71.4 Å². The summed E-state index contributed by atoms with van der Waals surface area (Å²) in [7, 11) is 1.18. The minimum Gasteiger partial charge on any atom is -0.456 e. The van der Waals surface area contributed by atoms with Gasteiger partial charge < -0.3 is 19.7 Å². The van der Waals surface area contributed by atoms with Crippen molar-refractivity contribution in [2.45, 2.75) is 26.3 Å². The standard InChI is InChI=1S/C26H29BrN2O7/c1-4-13-29(24(32)15-28-26(34)35-3)17(2)25(33)36-16-23(31)21-11-7-19(8-12-21)18-5-9-20(10-6-18)22(30)14-27/h5-12,17H,4,13-16H2,1-3H3,(H,28,34). The molecule has 1 atom stereocenters. The third kappa shape index (κ3) is 8.01. The van der Waals surface area contributed by atoms with Crippen LogP contribution in [0.2, 0.25) is 0 Å². The minimum atomic E-state index is -0.938. The Morgan fingerprint density at radius 2 is 1.44 bits per heavy atom. The van der Waals surface area contributed by atoms with Crippen molar-refractivity contribution >= 4 is 45.5 Å². The van der Waals surface area contributed by atoms with Crippen molar-refractivity contribution in [2.24, 2.45) is 0 Å². The third-order valence-electron chi connectivity index (χ3n) is 5.38. The van der Waals surface area contributed by atoms with Crippen molar-refractivity contribution in [1.29, 1.82) is 0 Å². The molecular formula is C26H29BrN2O7. The molecule has 1 unspecified atom stereocenters. The molecular weight excluding hydrogens is 532 g/mol. The molecule has 0 spiro atoms. The van der Waals surface area contributed by atoms with E-state index in [1.165, 1.54) is 18.9 Å². The maximum atomic E-state index is 12.6. The molecule has 36 heavy (non-hydrogen) atoms. The van der Waals surface area contributed by atoms with Crippen LogP contribution < -0.4 is 5.32 Å². The predicted molar refractivity (Wildman–Crippen MR) is 137 cm³/mol. The highest BCUT2D eigenvalue weighted by molar-refractivity contribution is 9.09. The quantitative estimate of drug-likeness (QED) is 0.239. The van der Waals surface area contributed by atoms with Gasteiger partial charge in [0, 0.05) is 17.7 Å².